The summed E-state index contributed by atoms with van der Waals surface area (Å²) in [7, 11) is -1.96. The molecule has 1 heterocycles. The van der Waals surface area contributed by atoms with Crippen LogP contribution in [0.5, 0.6) is 0 Å². The normalized spacial score (nSPS) is 11.5. The Morgan fingerprint density at radius 2 is 1.88 bits per heavy atom. The molecule has 1 N–H and O–H groups in total. The maximum absolute atomic E-state index is 12.1. The topological polar surface area (TPSA) is 79.6 Å². The fraction of sp³-hybridized carbons (Fsp3) is 0.312. The molecule has 0 unspecified atom stereocenters. The van der Waals surface area contributed by atoms with Crippen LogP contribution >= 0.6 is 15.9 Å². The Labute approximate surface area is 150 Å². The third-order valence-electron chi connectivity index (χ3n) is 3.37. The number of carbonyl (C=O) groups is 1. The predicted molar refractivity (Wildman–Crippen MR) is 93.9 cm³/mol. The molecular weight excluding hydrogens is 396 g/mol. The number of furan rings is 1. The maximum atomic E-state index is 12.1. The molecule has 0 aliphatic carbocycles. The van der Waals surface area contributed by atoms with Gasteiger partial charge in [-0.3, -0.25) is 4.79 Å². The highest BCUT2D eigenvalue weighted by Crippen LogP contribution is 2.14. The van der Waals surface area contributed by atoms with Crippen LogP contribution in [0.4, 0.5) is 0 Å². The number of amides is 1. The smallest absolute Gasteiger partial charge is 0.240 e. The zero-order chi connectivity index (χ0) is 17.7. The van der Waals surface area contributed by atoms with Crippen molar-refractivity contribution >= 4 is 31.9 Å². The van der Waals surface area contributed by atoms with Crippen molar-refractivity contribution in [1.29, 1.82) is 0 Å². The van der Waals surface area contributed by atoms with E-state index in [0.29, 0.717) is 12.3 Å². The van der Waals surface area contributed by atoms with Crippen molar-refractivity contribution in [1.82, 2.24) is 9.62 Å². The predicted octanol–water partition coefficient (Wildman–Crippen LogP) is 2.68. The molecule has 0 atom stereocenters. The minimum Gasteiger partial charge on any atom is -0.464 e. The summed E-state index contributed by atoms with van der Waals surface area (Å²) >= 11 is 3.26. The monoisotopic (exact) mass is 414 g/mol. The zero-order valence-corrected chi connectivity index (χ0v) is 15.9. The fourth-order valence-corrected chi connectivity index (χ4v) is 3.37. The lowest BCUT2D eigenvalue weighted by molar-refractivity contribution is -0.130. The summed E-state index contributed by atoms with van der Waals surface area (Å²) in [6.45, 7) is 2.23. The number of hydrogen-bond acceptors (Lipinski definition) is 4. The standard InChI is InChI=1S/C16H19BrN2O4S/c1-12-3-6-14(23-12)11-19(2)16(20)9-10-18-24(21,22)15-7-4-13(17)5-8-15/h3-8,18H,9-11H2,1-2H3. The van der Waals surface area contributed by atoms with Gasteiger partial charge in [-0.25, -0.2) is 13.1 Å². The van der Waals surface area contributed by atoms with Crippen LogP contribution in [0.25, 0.3) is 0 Å². The Bertz CT molecular complexity index is 800. The van der Waals surface area contributed by atoms with E-state index in [1.807, 2.05) is 19.1 Å². The second-order valence-electron chi connectivity index (χ2n) is 5.36. The summed E-state index contributed by atoms with van der Waals surface area (Å²) < 4.78 is 32.9. The molecule has 0 bridgehead atoms. The number of rotatable bonds is 7. The summed E-state index contributed by atoms with van der Waals surface area (Å²) in [6, 6.07) is 9.95. The van der Waals surface area contributed by atoms with Crippen LogP contribution in [0, 0.1) is 6.92 Å². The summed E-state index contributed by atoms with van der Waals surface area (Å²) in [5.74, 6) is 1.31. The minimum absolute atomic E-state index is 0.0404. The number of carbonyl (C=O) groups excluding carboxylic acids is 1. The average Bonchev–Trinajstić information content (AvgIpc) is 2.92. The number of benzene rings is 1. The number of aryl methyl sites for hydroxylation is 1. The van der Waals surface area contributed by atoms with Gasteiger partial charge in [0.1, 0.15) is 11.5 Å². The molecule has 6 nitrogen and oxygen atoms in total. The van der Waals surface area contributed by atoms with Crippen LogP contribution in [0.15, 0.2) is 50.2 Å². The number of hydrogen-bond donors (Lipinski definition) is 1. The van der Waals surface area contributed by atoms with Gasteiger partial charge in [0.05, 0.1) is 11.4 Å². The Kier molecular flexibility index (Phi) is 6.20. The first kappa shape index (κ1) is 18.7. The molecule has 2 aromatic rings. The van der Waals surface area contributed by atoms with Crippen LogP contribution in [-0.4, -0.2) is 32.8 Å². The van der Waals surface area contributed by atoms with E-state index in [0.717, 1.165) is 10.2 Å². The number of sulfonamides is 1. The molecule has 0 aliphatic heterocycles. The van der Waals surface area contributed by atoms with E-state index in [4.69, 9.17) is 4.42 Å². The second-order valence-corrected chi connectivity index (χ2v) is 8.05. The lowest BCUT2D eigenvalue weighted by atomic mass is 10.3. The van der Waals surface area contributed by atoms with Crippen molar-refractivity contribution in [3.63, 3.8) is 0 Å². The zero-order valence-electron chi connectivity index (χ0n) is 13.5. The van der Waals surface area contributed by atoms with Gasteiger partial charge in [0, 0.05) is 24.5 Å². The molecule has 130 valence electrons. The molecule has 0 saturated carbocycles. The van der Waals surface area contributed by atoms with Crippen LogP contribution < -0.4 is 4.72 Å². The first-order valence-electron chi connectivity index (χ1n) is 7.32. The highest BCUT2D eigenvalue weighted by molar-refractivity contribution is 9.10. The van der Waals surface area contributed by atoms with E-state index in [9.17, 15) is 13.2 Å². The lowest BCUT2D eigenvalue weighted by Gasteiger charge is -2.16. The highest BCUT2D eigenvalue weighted by Gasteiger charge is 2.16. The fourth-order valence-electron chi connectivity index (χ4n) is 2.07. The molecule has 0 radical (unpaired) electrons. The molecule has 0 fully saturated rings. The quantitative estimate of drug-likeness (QED) is 0.754. The third kappa shape index (κ3) is 5.19. The molecule has 1 amide bonds. The summed E-state index contributed by atoms with van der Waals surface area (Å²) in [6.07, 6.45) is 0.0753. The van der Waals surface area contributed by atoms with E-state index >= 15 is 0 Å². The Morgan fingerprint density at radius 3 is 2.46 bits per heavy atom. The van der Waals surface area contributed by atoms with Gasteiger partial charge in [0.25, 0.3) is 0 Å². The van der Waals surface area contributed by atoms with E-state index in [1.54, 1.807) is 19.2 Å². The lowest BCUT2D eigenvalue weighted by Crippen LogP contribution is -2.31. The van der Waals surface area contributed by atoms with E-state index in [2.05, 4.69) is 20.7 Å². The molecule has 2 rings (SSSR count). The van der Waals surface area contributed by atoms with Gasteiger partial charge in [-0.15, -0.1) is 0 Å². The summed E-state index contributed by atoms with van der Waals surface area (Å²) in [5, 5.41) is 0. The van der Waals surface area contributed by atoms with Gasteiger partial charge in [-0.1, -0.05) is 15.9 Å². The molecule has 1 aromatic heterocycles. The molecule has 0 aliphatic rings. The van der Waals surface area contributed by atoms with Gasteiger partial charge in [-0.2, -0.15) is 0 Å². The second kappa shape index (κ2) is 7.96. The van der Waals surface area contributed by atoms with E-state index < -0.39 is 10.0 Å². The maximum Gasteiger partial charge on any atom is 0.240 e. The van der Waals surface area contributed by atoms with Gasteiger partial charge < -0.3 is 9.32 Å². The number of nitrogens with zero attached hydrogens (tertiary/aromatic N) is 1. The van der Waals surface area contributed by atoms with E-state index in [-0.39, 0.29) is 23.8 Å². The van der Waals surface area contributed by atoms with Gasteiger partial charge in [-0.05, 0) is 43.3 Å². The van der Waals surface area contributed by atoms with Crippen molar-refractivity contribution in [2.75, 3.05) is 13.6 Å². The van der Waals surface area contributed by atoms with Crippen LogP contribution in [0.1, 0.15) is 17.9 Å². The molecule has 0 saturated heterocycles. The molecule has 1 aromatic carbocycles. The molecule has 0 spiro atoms. The van der Waals surface area contributed by atoms with Crippen LogP contribution in [0.2, 0.25) is 0 Å². The highest BCUT2D eigenvalue weighted by atomic mass is 79.9. The number of nitrogens with one attached hydrogen (secondary N) is 1. The average molecular weight is 415 g/mol. The Morgan fingerprint density at radius 1 is 1.21 bits per heavy atom. The van der Waals surface area contributed by atoms with Crippen molar-refractivity contribution in [3.8, 4) is 0 Å². The first-order chi connectivity index (χ1) is 11.3. The van der Waals surface area contributed by atoms with Crippen LogP contribution in [-0.2, 0) is 21.4 Å². The van der Waals surface area contributed by atoms with Crippen molar-refractivity contribution in [2.45, 2.75) is 24.8 Å². The minimum atomic E-state index is -3.61. The van der Waals surface area contributed by atoms with Crippen molar-refractivity contribution in [2.24, 2.45) is 0 Å². The Hall–Kier alpha value is -1.64. The Balaban J connectivity index is 1.84. The molecule has 24 heavy (non-hydrogen) atoms. The van der Waals surface area contributed by atoms with Gasteiger partial charge in [0.15, 0.2) is 0 Å². The van der Waals surface area contributed by atoms with Crippen LogP contribution in [0.3, 0.4) is 0 Å². The number of halogens is 1. The van der Waals surface area contributed by atoms with E-state index in [1.165, 1.54) is 17.0 Å². The van der Waals surface area contributed by atoms with Gasteiger partial charge in [0.2, 0.25) is 15.9 Å². The van der Waals surface area contributed by atoms with Crippen molar-refractivity contribution in [3.05, 3.63) is 52.4 Å². The SMILES string of the molecule is Cc1ccc(CN(C)C(=O)CCNS(=O)(=O)c2ccc(Br)cc2)o1. The molecular formula is C16H19BrN2O4S. The molecule has 8 heteroatoms. The third-order valence-corrected chi connectivity index (χ3v) is 5.38. The first-order valence-corrected chi connectivity index (χ1v) is 9.60. The van der Waals surface area contributed by atoms with Gasteiger partial charge >= 0.3 is 0 Å². The van der Waals surface area contributed by atoms with Crippen molar-refractivity contribution < 1.29 is 17.6 Å². The summed E-state index contributed by atoms with van der Waals surface area (Å²) in [5.41, 5.74) is 0. The summed E-state index contributed by atoms with van der Waals surface area (Å²) in [4.78, 5) is 13.7. The largest absolute Gasteiger partial charge is 0.464 e.